The Kier molecular flexibility index (Phi) is 6.24. The summed E-state index contributed by atoms with van der Waals surface area (Å²) in [6, 6.07) is 18.3. The van der Waals surface area contributed by atoms with Crippen molar-refractivity contribution < 1.29 is 14.6 Å². The fourth-order valence-electron chi connectivity index (χ4n) is 4.79. The van der Waals surface area contributed by atoms with Crippen LogP contribution in [0.3, 0.4) is 0 Å². The molecule has 2 aliphatic rings. The Morgan fingerprint density at radius 2 is 1.97 bits per heavy atom. The van der Waals surface area contributed by atoms with Crippen LogP contribution in [0.2, 0.25) is 5.02 Å². The molecule has 35 heavy (non-hydrogen) atoms. The first-order chi connectivity index (χ1) is 17.1. The number of nitrogens with one attached hydrogen (secondary N) is 1. The largest absolute Gasteiger partial charge is 0.486 e. The van der Waals surface area contributed by atoms with Gasteiger partial charge in [-0.2, -0.15) is 4.37 Å². The number of piperidine rings is 1. The number of hydrogen-bond acceptors (Lipinski definition) is 7. The summed E-state index contributed by atoms with van der Waals surface area (Å²) < 4.78 is 17.2. The van der Waals surface area contributed by atoms with E-state index >= 15 is 0 Å². The van der Waals surface area contributed by atoms with Gasteiger partial charge in [0.1, 0.15) is 13.2 Å². The SMILES string of the molecule is OC1CCCN(Cc2ccc3c(Nc4cccc(-c5ccc6c(c5)OCCO6)c4Cl)nsc3c2)C1. The molecule has 0 amide bonds. The predicted octanol–water partition coefficient (Wildman–Crippen LogP) is 6.09. The third kappa shape index (κ3) is 4.69. The van der Waals surface area contributed by atoms with E-state index in [0.717, 1.165) is 76.7 Å². The standard InChI is InChI=1S/C27H26ClN3O3S/c28-26-20(18-7-9-23-24(14-18)34-12-11-33-23)4-1-5-22(26)29-27-21-8-6-17(13-25(21)35-30-27)15-31-10-2-3-19(32)16-31/h1,4-9,13-14,19,32H,2-3,10-12,15-16H2,(H,29,30). The number of benzene rings is 3. The second kappa shape index (κ2) is 9.66. The number of aliphatic hydroxyl groups excluding tert-OH is 1. The fourth-order valence-corrected chi connectivity index (χ4v) is 5.88. The molecule has 8 heteroatoms. The summed E-state index contributed by atoms with van der Waals surface area (Å²) in [6.07, 6.45) is 1.73. The first-order valence-corrected chi connectivity index (χ1v) is 13.0. The van der Waals surface area contributed by atoms with E-state index in [9.17, 15) is 5.11 Å². The predicted molar refractivity (Wildman–Crippen MR) is 141 cm³/mol. The number of β-amino-alcohol motifs (C(OH)–C–C–N with tert-alkyl or cyclic N) is 1. The zero-order valence-corrected chi connectivity index (χ0v) is 20.7. The minimum atomic E-state index is -0.214. The van der Waals surface area contributed by atoms with Gasteiger partial charge < -0.3 is 19.9 Å². The molecular weight excluding hydrogens is 482 g/mol. The van der Waals surface area contributed by atoms with E-state index in [1.54, 1.807) is 0 Å². The van der Waals surface area contributed by atoms with Gasteiger partial charge in [-0.05, 0) is 72.4 Å². The number of hydrogen-bond donors (Lipinski definition) is 2. The van der Waals surface area contributed by atoms with Crippen molar-refractivity contribution in [3.63, 3.8) is 0 Å². The van der Waals surface area contributed by atoms with Crippen LogP contribution in [-0.2, 0) is 6.54 Å². The summed E-state index contributed by atoms with van der Waals surface area (Å²) in [5, 5.41) is 15.1. The fraction of sp³-hybridized carbons (Fsp3) is 0.296. The first kappa shape index (κ1) is 22.6. The van der Waals surface area contributed by atoms with Gasteiger partial charge in [-0.3, -0.25) is 4.90 Å². The van der Waals surface area contributed by atoms with E-state index in [-0.39, 0.29) is 6.10 Å². The molecule has 0 spiro atoms. The number of aromatic nitrogens is 1. The van der Waals surface area contributed by atoms with Gasteiger partial charge in [0.25, 0.3) is 0 Å². The van der Waals surface area contributed by atoms with Crippen LogP contribution in [0.15, 0.2) is 54.6 Å². The molecule has 3 aromatic carbocycles. The number of halogens is 1. The van der Waals surface area contributed by atoms with Crippen LogP contribution in [0.1, 0.15) is 18.4 Å². The Balaban J connectivity index is 1.24. The number of rotatable bonds is 5. The summed E-state index contributed by atoms with van der Waals surface area (Å²) in [7, 11) is 0. The lowest BCUT2D eigenvalue weighted by atomic mass is 10.0. The summed E-state index contributed by atoms with van der Waals surface area (Å²) in [4.78, 5) is 2.32. The monoisotopic (exact) mass is 507 g/mol. The van der Waals surface area contributed by atoms with Gasteiger partial charge in [0.05, 0.1) is 21.5 Å². The van der Waals surface area contributed by atoms with Gasteiger partial charge in [-0.15, -0.1) is 0 Å². The van der Waals surface area contributed by atoms with Gasteiger partial charge in [0.2, 0.25) is 0 Å². The highest BCUT2D eigenvalue weighted by Crippen LogP contribution is 2.40. The van der Waals surface area contributed by atoms with Crippen molar-refractivity contribution in [3.05, 3.63) is 65.2 Å². The van der Waals surface area contributed by atoms with Crippen LogP contribution in [0.25, 0.3) is 21.2 Å². The van der Waals surface area contributed by atoms with Crippen LogP contribution in [0, 0.1) is 0 Å². The molecule has 1 saturated heterocycles. The second-order valence-corrected chi connectivity index (χ2v) is 10.2. The number of nitrogens with zero attached hydrogens (tertiary/aromatic N) is 2. The van der Waals surface area contributed by atoms with Gasteiger partial charge >= 0.3 is 0 Å². The smallest absolute Gasteiger partial charge is 0.161 e. The van der Waals surface area contributed by atoms with Crippen LogP contribution in [0.5, 0.6) is 11.5 Å². The average molecular weight is 508 g/mol. The maximum atomic E-state index is 9.96. The lowest BCUT2D eigenvalue weighted by molar-refractivity contribution is 0.0668. The number of likely N-dealkylation sites (tertiary alicyclic amines) is 1. The van der Waals surface area contributed by atoms with E-state index in [1.807, 2.05) is 36.4 Å². The summed E-state index contributed by atoms with van der Waals surface area (Å²) >= 11 is 8.33. The molecule has 1 aromatic heterocycles. The second-order valence-electron chi connectivity index (χ2n) is 9.04. The lowest BCUT2D eigenvalue weighted by Crippen LogP contribution is -2.37. The molecule has 6 rings (SSSR count). The molecule has 1 atom stereocenters. The van der Waals surface area contributed by atoms with Gasteiger partial charge in [0, 0.05) is 24.0 Å². The number of anilines is 2. The minimum absolute atomic E-state index is 0.214. The molecule has 6 nitrogen and oxygen atoms in total. The van der Waals surface area contributed by atoms with E-state index in [4.69, 9.17) is 21.1 Å². The summed E-state index contributed by atoms with van der Waals surface area (Å²) in [5.41, 5.74) is 3.93. The Bertz CT molecular complexity index is 1380. The number of fused-ring (bicyclic) bond motifs is 2. The van der Waals surface area contributed by atoms with Crippen molar-refractivity contribution in [1.82, 2.24) is 9.27 Å². The highest BCUT2D eigenvalue weighted by molar-refractivity contribution is 7.13. The van der Waals surface area contributed by atoms with Crippen molar-refractivity contribution in [1.29, 1.82) is 0 Å². The molecule has 2 N–H and O–H groups in total. The van der Waals surface area contributed by atoms with Crippen LogP contribution < -0.4 is 14.8 Å². The molecule has 1 unspecified atom stereocenters. The van der Waals surface area contributed by atoms with Crippen molar-refractivity contribution in [2.24, 2.45) is 0 Å². The summed E-state index contributed by atoms with van der Waals surface area (Å²) in [6.45, 7) is 3.73. The van der Waals surface area contributed by atoms with Gasteiger partial charge in [-0.25, -0.2) is 0 Å². The van der Waals surface area contributed by atoms with Crippen LogP contribution in [-0.4, -0.2) is 46.8 Å². The minimum Gasteiger partial charge on any atom is -0.486 e. The van der Waals surface area contributed by atoms with E-state index < -0.39 is 0 Å². The molecule has 180 valence electrons. The van der Waals surface area contributed by atoms with E-state index in [2.05, 4.69) is 32.8 Å². The van der Waals surface area contributed by atoms with Gasteiger partial charge in [0.15, 0.2) is 17.3 Å². The van der Waals surface area contributed by atoms with Crippen molar-refractivity contribution in [2.75, 3.05) is 31.6 Å². The van der Waals surface area contributed by atoms with E-state index in [1.165, 1.54) is 17.1 Å². The Hall–Kier alpha value is -2.84. The molecule has 0 saturated carbocycles. The van der Waals surface area contributed by atoms with E-state index in [0.29, 0.717) is 18.2 Å². The first-order valence-electron chi connectivity index (χ1n) is 11.9. The normalized spacial score (nSPS) is 18.1. The van der Waals surface area contributed by atoms with Crippen LogP contribution >= 0.6 is 23.1 Å². The topological polar surface area (TPSA) is 66.9 Å². The third-order valence-electron chi connectivity index (χ3n) is 6.53. The highest BCUT2D eigenvalue weighted by Gasteiger charge is 2.19. The Labute approximate surface area is 213 Å². The molecule has 0 aliphatic carbocycles. The van der Waals surface area contributed by atoms with Crippen molar-refractivity contribution >= 4 is 44.7 Å². The average Bonchev–Trinajstić information content (AvgIpc) is 3.27. The zero-order chi connectivity index (χ0) is 23.8. The summed E-state index contributed by atoms with van der Waals surface area (Å²) in [5.74, 6) is 2.30. The third-order valence-corrected chi connectivity index (χ3v) is 7.74. The molecule has 3 heterocycles. The Morgan fingerprint density at radius 1 is 1.09 bits per heavy atom. The van der Waals surface area contributed by atoms with Crippen molar-refractivity contribution in [2.45, 2.75) is 25.5 Å². The van der Waals surface area contributed by atoms with Gasteiger partial charge in [-0.1, -0.05) is 35.9 Å². The number of aliphatic hydroxyl groups is 1. The molecule has 4 aromatic rings. The highest BCUT2D eigenvalue weighted by atomic mass is 35.5. The molecule has 2 aliphatic heterocycles. The van der Waals surface area contributed by atoms with Crippen molar-refractivity contribution in [3.8, 4) is 22.6 Å². The maximum absolute atomic E-state index is 9.96. The lowest BCUT2D eigenvalue weighted by Gasteiger charge is -2.29. The van der Waals surface area contributed by atoms with Crippen LogP contribution in [0.4, 0.5) is 11.5 Å². The molecule has 0 radical (unpaired) electrons. The maximum Gasteiger partial charge on any atom is 0.161 e. The quantitative estimate of drug-likeness (QED) is 0.341. The molecule has 0 bridgehead atoms. The zero-order valence-electron chi connectivity index (χ0n) is 19.2. The Morgan fingerprint density at radius 3 is 2.86 bits per heavy atom. The molecule has 1 fully saturated rings. The molecular formula is C27H26ClN3O3S. The number of ether oxygens (including phenoxy) is 2.